The number of fused-ring (bicyclic) bond motifs is 6. The van der Waals surface area contributed by atoms with E-state index < -0.39 is 0 Å². The van der Waals surface area contributed by atoms with Crippen LogP contribution in [-0.2, 0) is 0 Å². The van der Waals surface area contributed by atoms with E-state index in [9.17, 15) is 5.11 Å². The standard InChI is InChI=1S/C23H13N3O2.Cs/c27-17-4-1-5-18-20(17)23-19(28-18)11-15(12-25-23)16-9-8-14-7-6-13-3-2-10-24-21(13)22(14)26-16;/h1-12,27H;/q;+1. The molecule has 0 saturated heterocycles. The van der Waals surface area contributed by atoms with E-state index in [2.05, 4.69) is 22.1 Å². The number of aromatic amines is 1. The van der Waals surface area contributed by atoms with Crippen LogP contribution in [0.5, 0.6) is 5.75 Å². The van der Waals surface area contributed by atoms with Gasteiger partial charge in [-0.25, -0.2) is 9.97 Å². The van der Waals surface area contributed by atoms with Gasteiger partial charge in [-0.3, -0.25) is 4.98 Å². The summed E-state index contributed by atoms with van der Waals surface area (Å²) < 4.78 is 5.88. The third kappa shape index (κ3) is 3.07. The van der Waals surface area contributed by atoms with Gasteiger partial charge in [-0.05, 0) is 18.2 Å². The van der Waals surface area contributed by atoms with E-state index in [1.807, 2.05) is 36.5 Å². The Morgan fingerprint density at radius 2 is 1.69 bits per heavy atom. The second kappa shape index (κ2) is 7.39. The predicted octanol–water partition coefficient (Wildman–Crippen LogP) is 1.24. The van der Waals surface area contributed by atoms with E-state index in [1.54, 1.807) is 24.4 Å². The molecule has 0 atom stereocenters. The van der Waals surface area contributed by atoms with Gasteiger partial charge in [0, 0.05) is 23.0 Å². The summed E-state index contributed by atoms with van der Waals surface area (Å²) in [5.41, 5.74) is 5.36. The first kappa shape index (κ1) is 19.1. The Balaban J connectivity index is 0.00000181. The second-order valence-electron chi connectivity index (χ2n) is 6.77. The number of H-pyrrole nitrogens is 1. The molecule has 0 saturated carbocycles. The maximum Gasteiger partial charge on any atom is 1.00 e. The van der Waals surface area contributed by atoms with Gasteiger partial charge in [0.15, 0.2) is 11.8 Å². The summed E-state index contributed by atoms with van der Waals surface area (Å²) in [5.74, 6) is -0.0541. The summed E-state index contributed by atoms with van der Waals surface area (Å²) in [6.07, 6.45) is 3.64. The Morgan fingerprint density at radius 3 is 2.59 bits per heavy atom. The average molecular weight is 496 g/mol. The molecule has 1 N–H and O–H groups in total. The number of nitrogens with one attached hydrogen (secondary N) is 1. The van der Waals surface area contributed by atoms with Crippen LogP contribution in [0.25, 0.3) is 55.1 Å². The molecule has 5 nitrogen and oxygen atoms in total. The van der Waals surface area contributed by atoms with Crippen molar-refractivity contribution in [2.45, 2.75) is 0 Å². The predicted molar refractivity (Wildman–Crippen MR) is 106 cm³/mol. The number of aromatic nitrogens is 3. The van der Waals surface area contributed by atoms with E-state index in [4.69, 9.17) is 9.40 Å². The van der Waals surface area contributed by atoms with Crippen LogP contribution in [0.4, 0.5) is 0 Å². The molecule has 0 aliphatic heterocycles. The van der Waals surface area contributed by atoms with E-state index in [0.29, 0.717) is 22.1 Å². The van der Waals surface area contributed by atoms with Crippen LogP contribution < -0.4 is 79.0 Å². The zero-order chi connectivity index (χ0) is 18.7. The molecule has 0 bridgehead atoms. The summed E-state index contributed by atoms with van der Waals surface area (Å²) in [6, 6.07) is 19.1. The van der Waals surface area contributed by atoms with Crippen LogP contribution in [0.15, 0.2) is 77.5 Å². The molecule has 2 aromatic carbocycles. The summed E-state index contributed by atoms with van der Waals surface area (Å²) in [4.78, 5) is 12.6. The van der Waals surface area contributed by atoms with Crippen molar-refractivity contribution in [2.24, 2.45) is 0 Å². The van der Waals surface area contributed by atoms with E-state index >= 15 is 0 Å². The Bertz CT molecular complexity index is 1540. The van der Waals surface area contributed by atoms with Gasteiger partial charge in [0.2, 0.25) is 0 Å². The maximum absolute atomic E-state index is 12.2. The molecule has 6 rings (SSSR count). The summed E-state index contributed by atoms with van der Waals surface area (Å²) in [6.45, 7) is 0. The molecule has 4 aromatic heterocycles. The molecule has 0 aliphatic carbocycles. The minimum atomic E-state index is -0.0541. The van der Waals surface area contributed by atoms with Crippen LogP contribution in [0, 0.1) is 0 Å². The zero-order valence-electron chi connectivity index (χ0n) is 15.6. The van der Waals surface area contributed by atoms with Gasteiger partial charge in [-0.15, -0.1) is 0 Å². The number of rotatable bonds is 1. The molecular formula is C23H13CsN3O2+. The van der Waals surface area contributed by atoms with Gasteiger partial charge in [-0.1, -0.05) is 42.1 Å². The fourth-order valence-electron chi connectivity index (χ4n) is 3.75. The minimum absolute atomic E-state index is 0. The zero-order valence-corrected chi connectivity index (χ0v) is 21.9. The Morgan fingerprint density at radius 1 is 0.862 bits per heavy atom. The molecule has 0 spiro atoms. The molecule has 132 valence electrons. The molecule has 0 fully saturated rings. The first-order valence-electron chi connectivity index (χ1n) is 8.97. The number of hydrogen-bond acceptors (Lipinski definition) is 4. The van der Waals surface area contributed by atoms with Crippen LogP contribution in [0.3, 0.4) is 0 Å². The van der Waals surface area contributed by atoms with Crippen molar-refractivity contribution in [1.82, 2.24) is 9.97 Å². The normalized spacial score (nSPS) is 11.3. The first-order chi connectivity index (χ1) is 13.8. The number of hydrogen-bond donors (Lipinski definition) is 0. The molecule has 6 aromatic rings. The van der Waals surface area contributed by atoms with Gasteiger partial charge < -0.3 is 9.52 Å². The van der Waals surface area contributed by atoms with Crippen LogP contribution in [0.1, 0.15) is 0 Å². The van der Waals surface area contributed by atoms with E-state index in [-0.39, 0.29) is 74.6 Å². The van der Waals surface area contributed by atoms with Crippen LogP contribution in [-0.4, -0.2) is 9.97 Å². The molecule has 4 heterocycles. The number of pyridine rings is 3. The fraction of sp³-hybridized carbons (Fsp3) is 0. The second-order valence-corrected chi connectivity index (χ2v) is 6.77. The third-order valence-electron chi connectivity index (χ3n) is 5.09. The number of furan rings is 1. The van der Waals surface area contributed by atoms with Crippen molar-refractivity contribution >= 4 is 43.9 Å². The molecule has 0 radical (unpaired) electrons. The van der Waals surface area contributed by atoms with Crippen molar-refractivity contribution < 1.29 is 83.4 Å². The molecule has 0 unspecified atom stereocenters. The SMILES string of the molecule is [Cs+].[O-]c1cccc2oc3cc(-c4ccc5ccc6cccnc6c5n4)c[nH+]c3c12. The van der Waals surface area contributed by atoms with Gasteiger partial charge in [0.05, 0.1) is 27.7 Å². The van der Waals surface area contributed by atoms with Gasteiger partial charge >= 0.3 is 68.9 Å². The Labute approximate surface area is 224 Å². The van der Waals surface area contributed by atoms with Crippen molar-refractivity contribution in [2.75, 3.05) is 0 Å². The van der Waals surface area contributed by atoms with Gasteiger partial charge in [0.25, 0.3) is 5.52 Å². The molecular weight excluding hydrogens is 483 g/mol. The molecule has 29 heavy (non-hydrogen) atoms. The van der Waals surface area contributed by atoms with Gasteiger partial charge in [0.1, 0.15) is 5.58 Å². The first-order valence-corrected chi connectivity index (χ1v) is 8.97. The maximum atomic E-state index is 12.2. The average Bonchev–Trinajstić information content (AvgIpc) is 3.12. The van der Waals surface area contributed by atoms with Crippen molar-refractivity contribution in [3.63, 3.8) is 0 Å². The van der Waals surface area contributed by atoms with Crippen molar-refractivity contribution in [1.29, 1.82) is 0 Å². The molecule has 0 aliphatic rings. The van der Waals surface area contributed by atoms with Crippen molar-refractivity contribution in [3.05, 3.63) is 73.1 Å². The smallest absolute Gasteiger partial charge is 0.872 e. The van der Waals surface area contributed by atoms with Gasteiger partial charge in [-0.2, -0.15) is 0 Å². The van der Waals surface area contributed by atoms with Crippen LogP contribution >= 0.6 is 0 Å². The monoisotopic (exact) mass is 496 g/mol. The Kier molecular flexibility index (Phi) is 4.86. The minimum Gasteiger partial charge on any atom is -0.872 e. The number of nitrogens with zero attached hydrogens (tertiary/aromatic N) is 2. The summed E-state index contributed by atoms with van der Waals surface area (Å²) >= 11 is 0. The quantitative estimate of drug-likeness (QED) is 0.321. The Hall–Kier alpha value is -1.94. The van der Waals surface area contributed by atoms with Crippen LogP contribution in [0.2, 0.25) is 0 Å². The summed E-state index contributed by atoms with van der Waals surface area (Å²) in [7, 11) is 0. The topological polar surface area (TPSA) is 76.1 Å². The largest absolute Gasteiger partial charge is 1.00 e. The number of benzene rings is 2. The molecule has 6 heteroatoms. The van der Waals surface area contributed by atoms with Crippen molar-refractivity contribution in [3.8, 4) is 17.0 Å². The summed E-state index contributed by atoms with van der Waals surface area (Å²) in [5, 5.41) is 14.9. The fourth-order valence-corrected chi connectivity index (χ4v) is 3.75. The third-order valence-corrected chi connectivity index (χ3v) is 5.09. The van der Waals surface area contributed by atoms with E-state index in [1.165, 1.54) is 0 Å². The van der Waals surface area contributed by atoms with E-state index in [0.717, 1.165) is 33.1 Å². The molecule has 0 amide bonds.